The molecule has 0 saturated heterocycles. The molecular weight excluding hydrogens is 262 g/mol. The third-order valence-corrected chi connectivity index (χ3v) is 3.24. The molecule has 0 saturated carbocycles. The Morgan fingerprint density at radius 3 is 2.85 bits per heavy atom. The van der Waals surface area contributed by atoms with Crippen LogP contribution in [-0.2, 0) is 4.79 Å². The lowest BCUT2D eigenvalue weighted by Crippen LogP contribution is -2.23. The molecule has 2 heterocycles. The SMILES string of the molecule is COc1cnccc1-c1nnnn1C(C)C(C)C(=O)O. The lowest BCUT2D eigenvalue weighted by Gasteiger charge is -2.17. The molecule has 0 radical (unpaired) electrons. The summed E-state index contributed by atoms with van der Waals surface area (Å²) in [4.78, 5) is 15.1. The summed E-state index contributed by atoms with van der Waals surface area (Å²) in [6, 6.07) is 1.33. The highest BCUT2D eigenvalue weighted by Gasteiger charge is 2.26. The van der Waals surface area contributed by atoms with Gasteiger partial charge in [-0.25, -0.2) is 4.68 Å². The van der Waals surface area contributed by atoms with E-state index in [-0.39, 0.29) is 0 Å². The summed E-state index contributed by atoms with van der Waals surface area (Å²) in [6.07, 6.45) is 3.15. The van der Waals surface area contributed by atoms with Gasteiger partial charge in [-0.05, 0) is 30.3 Å². The van der Waals surface area contributed by atoms with Gasteiger partial charge in [0.15, 0.2) is 5.82 Å². The maximum absolute atomic E-state index is 11.1. The van der Waals surface area contributed by atoms with Gasteiger partial charge in [0.1, 0.15) is 5.75 Å². The van der Waals surface area contributed by atoms with Crippen molar-refractivity contribution in [2.75, 3.05) is 7.11 Å². The predicted molar refractivity (Wildman–Crippen MR) is 69.1 cm³/mol. The highest BCUT2D eigenvalue weighted by molar-refractivity contribution is 5.70. The van der Waals surface area contributed by atoms with Gasteiger partial charge in [-0.2, -0.15) is 0 Å². The molecule has 0 fully saturated rings. The molecule has 2 rings (SSSR count). The number of hydrogen-bond donors (Lipinski definition) is 1. The van der Waals surface area contributed by atoms with Crippen LogP contribution >= 0.6 is 0 Å². The lowest BCUT2D eigenvalue weighted by molar-refractivity contribution is -0.142. The number of methoxy groups -OCH3 is 1. The first-order valence-corrected chi connectivity index (χ1v) is 6.05. The van der Waals surface area contributed by atoms with Crippen LogP contribution < -0.4 is 4.74 Å². The van der Waals surface area contributed by atoms with Crippen LogP contribution in [0.4, 0.5) is 0 Å². The van der Waals surface area contributed by atoms with Crippen molar-refractivity contribution in [1.82, 2.24) is 25.2 Å². The van der Waals surface area contributed by atoms with Crippen molar-refractivity contribution in [3.63, 3.8) is 0 Å². The van der Waals surface area contributed by atoms with E-state index in [9.17, 15) is 4.79 Å². The van der Waals surface area contributed by atoms with Crippen molar-refractivity contribution in [2.45, 2.75) is 19.9 Å². The van der Waals surface area contributed by atoms with Crippen molar-refractivity contribution in [1.29, 1.82) is 0 Å². The molecule has 106 valence electrons. The lowest BCUT2D eigenvalue weighted by atomic mass is 10.0. The molecule has 0 aromatic carbocycles. The fraction of sp³-hybridized carbons (Fsp3) is 0.417. The van der Waals surface area contributed by atoms with Crippen LogP contribution in [0, 0.1) is 5.92 Å². The average molecular weight is 277 g/mol. The van der Waals surface area contributed by atoms with Crippen LogP contribution in [0.5, 0.6) is 5.75 Å². The van der Waals surface area contributed by atoms with Gasteiger partial charge in [-0.15, -0.1) is 5.10 Å². The molecule has 0 bridgehead atoms. The number of carbonyl (C=O) groups is 1. The summed E-state index contributed by atoms with van der Waals surface area (Å²) < 4.78 is 6.71. The third-order valence-electron chi connectivity index (χ3n) is 3.24. The Balaban J connectivity index is 2.45. The molecule has 0 aliphatic heterocycles. The van der Waals surface area contributed by atoms with Crippen LogP contribution in [0.3, 0.4) is 0 Å². The topological polar surface area (TPSA) is 103 Å². The van der Waals surface area contributed by atoms with Crippen LogP contribution in [0.15, 0.2) is 18.5 Å². The van der Waals surface area contributed by atoms with E-state index < -0.39 is 17.9 Å². The fourth-order valence-electron chi connectivity index (χ4n) is 1.79. The second kappa shape index (κ2) is 5.64. The van der Waals surface area contributed by atoms with Crippen LogP contribution in [0.2, 0.25) is 0 Å². The molecule has 2 aromatic heterocycles. The number of rotatable bonds is 5. The number of ether oxygens (including phenoxy) is 1. The fourth-order valence-corrected chi connectivity index (χ4v) is 1.79. The van der Waals surface area contributed by atoms with Gasteiger partial charge in [0, 0.05) is 6.20 Å². The standard InChI is InChI=1S/C12H15N5O3/c1-7(12(18)19)8(2)17-11(14-15-16-17)9-4-5-13-6-10(9)20-3/h4-8H,1-3H3,(H,18,19). The van der Waals surface area contributed by atoms with Crippen LogP contribution in [0.25, 0.3) is 11.4 Å². The van der Waals surface area contributed by atoms with Gasteiger partial charge < -0.3 is 9.84 Å². The number of carboxylic acids is 1. The van der Waals surface area contributed by atoms with E-state index in [4.69, 9.17) is 9.84 Å². The van der Waals surface area contributed by atoms with E-state index in [1.54, 1.807) is 32.3 Å². The second-order valence-corrected chi connectivity index (χ2v) is 4.39. The van der Waals surface area contributed by atoms with Gasteiger partial charge in [-0.1, -0.05) is 0 Å². The Kier molecular flexibility index (Phi) is 3.92. The van der Waals surface area contributed by atoms with Gasteiger partial charge in [0.05, 0.1) is 30.8 Å². The first kappa shape index (κ1) is 13.9. The maximum atomic E-state index is 11.1. The summed E-state index contributed by atoms with van der Waals surface area (Å²) in [7, 11) is 1.53. The highest BCUT2D eigenvalue weighted by atomic mass is 16.5. The van der Waals surface area contributed by atoms with Crippen molar-refractivity contribution in [3.05, 3.63) is 18.5 Å². The van der Waals surface area contributed by atoms with E-state index >= 15 is 0 Å². The molecule has 2 aromatic rings. The summed E-state index contributed by atoms with van der Waals surface area (Å²) >= 11 is 0. The minimum atomic E-state index is -0.902. The Morgan fingerprint density at radius 1 is 1.45 bits per heavy atom. The molecule has 0 spiro atoms. The minimum Gasteiger partial charge on any atom is -0.494 e. The van der Waals surface area contributed by atoms with E-state index in [0.717, 1.165) is 0 Å². The molecule has 2 atom stereocenters. The highest BCUT2D eigenvalue weighted by Crippen LogP contribution is 2.29. The number of carboxylic acid groups (broad SMARTS) is 1. The number of aromatic nitrogens is 5. The number of nitrogens with zero attached hydrogens (tertiary/aromatic N) is 5. The Bertz CT molecular complexity index is 613. The summed E-state index contributed by atoms with van der Waals surface area (Å²) in [5.74, 6) is -0.547. The molecule has 1 N–H and O–H groups in total. The first-order valence-electron chi connectivity index (χ1n) is 6.05. The predicted octanol–water partition coefficient (Wildman–Crippen LogP) is 1.03. The third kappa shape index (κ3) is 2.44. The molecule has 0 aliphatic carbocycles. The molecule has 0 amide bonds. The second-order valence-electron chi connectivity index (χ2n) is 4.39. The van der Waals surface area contributed by atoms with Gasteiger partial charge in [0.25, 0.3) is 0 Å². The van der Waals surface area contributed by atoms with Gasteiger partial charge in [0.2, 0.25) is 0 Å². The molecular formula is C12H15N5O3. The summed E-state index contributed by atoms with van der Waals surface area (Å²) in [5.41, 5.74) is 0.664. The molecule has 20 heavy (non-hydrogen) atoms. The van der Waals surface area contributed by atoms with Crippen molar-refractivity contribution in [2.24, 2.45) is 5.92 Å². The number of pyridine rings is 1. The Morgan fingerprint density at radius 2 is 2.20 bits per heavy atom. The van der Waals surface area contributed by atoms with E-state index in [2.05, 4.69) is 20.5 Å². The number of tetrazole rings is 1. The van der Waals surface area contributed by atoms with Crippen LogP contribution in [0.1, 0.15) is 19.9 Å². The number of aliphatic carboxylic acids is 1. The molecule has 8 nitrogen and oxygen atoms in total. The Labute approximate surface area is 115 Å². The van der Waals surface area contributed by atoms with Crippen LogP contribution in [-0.4, -0.2) is 43.4 Å². The van der Waals surface area contributed by atoms with Crippen molar-refractivity contribution >= 4 is 5.97 Å². The van der Waals surface area contributed by atoms with Crippen molar-refractivity contribution in [3.8, 4) is 17.1 Å². The smallest absolute Gasteiger partial charge is 0.308 e. The largest absolute Gasteiger partial charge is 0.494 e. The molecule has 0 aliphatic rings. The van der Waals surface area contributed by atoms with Gasteiger partial charge >= 0.3 is 5.97 Å². The zero-order valence-corrected chi connectivity index (χ0v) is 11.4. The maximum Gasteiger partial charge on any atom is 0.308 e. The monoisotopic (exact) mass is 277 g/mol. The minimum absolute atomic E-state index is 0.393. The first-order chi connectivity index (χ1) is 9.56. The van der Waals surface area contributed by atoms with E-state index in [0.29, 0.717) is 17.1 Å². The average Bonchev–Trinajstić information content (AvgIpc) is 2.94. The van der Waals surface area contributed by atoms with E-state index in [1.807, 2.05) is 0 Å². The normalized spacial score (nSPS) is 13.8. The van der Waals surface area contributed by atoms with Crippen molar-refractivity contribution < 1.29 is 14.6 Å². The Hall–Kier alpha value is -2.51. The number of hydrogen-bond acceptors (Lipinski definition) is 6. The summed E-state index contributed by atoms with van der Waals surface area (Å²) in [6.45, 7) is 3.37. The quantitative estimate of drug-likeness (QED) is 0.870. The molecule has 8 heteroatoms. The summed E-state index contributed by atoms with van der Waals surface area (Å²) in [5, 5.41) is 20.6. The zero-order valence-electron chi connectivity index (χ0n) is 11.4. The molecule has 2 unspecified atom stereocenters. The zero-order chi connectivity index (χ0) is 14.7. The van der Waals surface area contributed by atoms with E-state index in [1.165, 1.54) is 11.8 Å². The van der Waals surface area contributed by atoms with Gasteiger partial charge in [-0.3, -0.25) is 9.78 Å².